The van der Waals surface area contributed by atoms with E-state index in [-0.39, 0.29) is 11.6 Å². The molecule has 0 spiro atoms. The first-order valence-electron chi connectivity index (χ1n) is 6.06. The molecule has 1 N–H and O–H groups in total. The molecule has 4 nitrogen and oxygen atoms in total. The molecular weight excluding hydrogens is 328 g/mol. The van der Waals surface area contributed by atoms with E-state index in [1.54, 1.807) is 0 Å². The largest absolute Gasteiger partial charge is 0.416 e. The summed E-state index contributed by atoms with van der Waals surface area (Å²) in [6, 6.07) is 0.854. The molecule has 0 atom stereocenters. The first-order chi connectivity index (χ1) is 10.5. The molecule has 10 heteroatoms. The molecule has 1 heterocycles. The second kappa shape index (κ2) is 5.60. The SMILES string of the molecule is Cn1cc(C(=O)Nc2cc(C(F)(F)F)cc(C(F)(F)F)c2)cn1. The lowest BCUT2D eigenvalue weighted by Gasteiger charge is -2.14. The lowest BCUT2D eigenvalue weighted by Crippen LogP contribution is -2.15. The van der Waals surface area contributed by atoms with Crippen LogP contribution >= 0.6 is 0 Å². The van der Waals surface area contributed by atoms with E-state index in [1.807, 2.05) is 5.32 Å². The molecule has 124 valence electrons. The highest BCUT2D eigenvalue weighted by Crippen LogP contribution is 2.37. The zero-order chi connectivity index (χ0) is 17.4. The predicted molar refractivity (Wildman–Crippen MR) is 67.6 cm³/mol. The molecule has 1 aromatic carbocycles. The number of anilines is 1. The van der Waals surface area contributed by atoms with Gasteiger partial charge < -0.3 is 5.32 Å². The first kappa shape index (κ1) is 16.8. The van der Waals surface area contributed by atoms with E-state index in [0.717, 1.165) is 6.20 Å². The third kappa shape index (κ3) is 4.02. The number of hydrogen-bond acceptors (Lipinski definition) is 2. The molecule has 0 saturated carbocycles. The molecule has 0 aliphatic heterocycles. The number of carbonyl (C=O) groups excluding carboxylic acids is 1. The Kier molecular flexibility index (Phi) is 4.10. The molecule has 0 fully saturated rings. The van der Waals surface area contributed by atoms with Crippen molar-refractivity contribution in [2.45, 2.75) is 12.4 Å². The van der Waals surface area contributed by atoms with E-state index >= 15 is 0 Å². The van der Waals surface area contributed by atoms with Crippen LogP contribution in [0.3, 0.4) is 0 Å². The van der Waals surface area contributed by atoms with Crippen LogP contribution in [0.5, 0.6) is 0 Å². The topological polar surface area (TPSA) is 46.9 Å². The Morgan fingerprint density at radius 3 is 1.96 bits per heavy atom. The van der Waals surface area contributed by atoms with Crippen molar-refractivity contribution in [3.05, 3.63) is 47.3 Å². The Morgan fingerprint density at radius 2 is 1.57 bits per heavy atom. The highest BCUT2D eigenvalue weighted by atomic mass is 19.4. The van der Waals surface area contributed by atoms with Gasteiger partial charge in [0, 0.05) is 18.9 Å². The van der Waals surface area contributed by atoms with E-state index in [2.05, 4.69) is 5.10 Å². The molecule has 23 heavy (non-hydrogen) atoms. The first-order valence-corrected chi connectivity index (χ1v) is 6.06. The van der Waals surface area contributed by atoms with Gasteiger partial charge in [0.15, 0.2) is 0 Å². The Balaban J connectivity index is 2.39. The van der Waals surface area contributed by atoms with E-state index in [0.29, 0.717) is 12.1 Å². The molecule has 0 aliphatic rings. The summed E-state index contributed by atoms with van der Waals surface area (Å²) in [6.07, 6.45) is -7.55. The number of aryl methyl sites for hydroxylation is 1. The van der Waals surface area contributed by atoms with Crippen LogP contribution in [-0.4, -0.2) is 15.7 Å². The van der Waals surface area contributed by atoms with Gasteiger partial charge in [-0.15, -0.1) is 0 Å². The van der Waals surface area contributed by atoms with Crippen molar-refractivity contribution in [3.63, 3.8) is 0 Å². The molecule has 2 aromatic rings. The summed E-state index contributed by atoms with van der Waals surface area (Å²) < 4.78 is 77.5. The predicted octanol–water partition coefficient (Wildman–Crippen LogP) is 3.71. The Labute approximate surface area is 125 Å². The van der Waals surface area contributed by atoms with Crippen LogP contribution in [0.15, 0.2) is 30.6 Å². The van der Waals surface area contributed by atoms with Gasteiger partial charge in [-0.05, 0) is 18.2 Å². The summed E-state index contributed by atoms with van der Waals surface area (Å²) in [4.78, 5) is 11.8. The van der Waals surface area contributed by atoms with Crippen LogP contribution in [0.25, 0.3) is 0 Å². The Morgan fingerprint density at radius 1 is 1.04 bits per heavy atom. The number of alkyl halides is 6. The van der Waals surface area contributed by atoms with Crippen molar-refractivity contribution in [3.8, 4) is 0 Å². The Hall–Kier alpha value is -2.52. The minimum atomic E-state index is -4.98. The highest BCUT2D eigenvalue weighted by Gasteiger charge is 2.37. The number of nitrogens with zero attached hydrogens (tertiary/aromatic N) is 2. The second-order valence-electron chi connectivity index (χ2n) is 4.65. The van der Waals surface area contributed by atoms with Gasteiger partial charge >= 0.3 is 12.4 Å². The maximum atomic E-state index is 12.7. The van der Waals surface area contributed by atoms with Crippen LogP contribution in [0.1, 0.15) is 21.5 Å². The van der Waals surface area contributed by atoms with E-state index in [9.17, 15) is 31.1 Å². The van der Waals surface area contributed by atoms with Gasteiger partial charge in [0.1, 0.15) is 0 Å². The molecule has 0 radical (unpaired) electrons. The maximum absolute atomic E-state index is 12.7. The quantitative estimate of drug-likeness (QED) is 0.849. The van der Waals surface area contributed by atoms with Gasteiger partial charge in [0.05, 0.1) is 22.9 Å². The number of hydrogen-bond donors (Lipinski definition) is 1. The fourth-order valence-electron chi connectivity index (χ4n) is 1.77. The smallest absolute Gasteiger partial charge is 0.322 e. The average molecular weight is 337 g/mol. The molecule has 0 unspecified atom stereocenters. The second-order valence-corrected chi connectivity index (χ2v) is 4.65. The van der Waals surface area contributed by atoms with Gasteiger partial charge in [-0.3, -0.25) is 9.48 Å². The summed E-state index contributed by atoms with van der Waals surface area (Å²) >= 11 is 0. The average Bonchev–Trinajstić information content (AvgIpc) is 2.83. The van der Waals surface area contributed by atoms with E-state index in [1.165, 1.54) is 17.9 Å². The summed E-state index contributed by atoms with van der Waals surface area (Å²) in [5, 5.41) is 5.69. The summed E-state index contributed by atoms with van der Waals surface area (Å²) in [6.45, 7) is 0. The summed E-state index contributed by atoms with van der Waals surface area (Å²) in [7, 11) is 1.50. The van der Waals surface area contributed by atoms with Crippen molar-refractivity contribution in [2.75, 3.05) is 5.32 Å². The van der Waals surface area contributed by atoms with Crippen LogP contribution in [0.4, 0.5) is 32.0 Å². The highest BCUT2D eigenvalue weighted by molar-refractivity contribution is 6.04. The Bertz CT molecular complexity index is 700. The van der Waals surface area contributed by atoms with Crippen molar-refractivity contribution >= 4 is 11.6 Å². The van der Waals surface area contributed by atoms with Crippen molar-refractivity contribution in [1.82, 2.24) is 9.78 Å². The van der Waals surface area contributed by atoms with Gasteiger partial charge in [-0.2, -0.15) is 31.4 Å². The lowest BCUT2D eigenvalue weighted by atomic mass is 10.1. The van der Waals surface area contributed by atoms with Crippen LogP contribution in [0.2, 0.25) is 0 Å². The zero-order valence-electron chi connectivity index (χ0n) is 11.5. The van der Waals surface area contributed by atoms with E-state index in [4.69, 9.17) is 0 Å². The van der Waals surface area contributed by atoms with E-state index < -0.39 is 35.1 Å². The standard InChI is InChI=1S/C13H9F6N3O/c1-22-6-7(5-20-22)11(23)21-10-3-8(12(14,15)16)2-9(4-10)13(17,18)19/h2-6H,1H3,(H,21,23). The number of halogens is 6. The van der Waals surface area contributed by atoms with Gasteiger partial charge in [0.2, 0.25) is 0 Å². The maximum Gasteiger partial charge on any atom is 0.416 e. The summed E-state index contributed by atoms with van der Waals surface area (Å²) in [5.41, 5.74) is -3.62. The number of aromatic nitrogens is 2. The van der Waals surface area contributed by atoms with Crippen LogP contribution in [0, 0.1) is 0 Å². The lowest BCUT2D eigenvalue weighted by molar-refractivity contribution is -0.143. The normalized spacial score (nSPS) is 12.3. The molecule has 1 aromatic heterocycles. The van der Waals surface area contributed by atoms with Crippen molar-refractivity contribution in [2.24, 2.45) is 7.05 Å². The molecule has 1 amide bonds. The third-order valence-corrected chi connectivity index (χ3v) is 2.81. The van der Waals surface area contributed by atoms with Gasteiger partial charge in [0.25, 0.3) is 5.91 Å². The molecule has 0 aliphatic carbocycles. The van der Waals surface area contributed by atoms with Gasteiger partial charge in [-0.1, -0.05) is 0 Å². The minimum Gasteiger partial charge on any atom is -0.322 e. The number of nitrogens with one attached hydrogen (secondary N) is 1. The number of benzene rings is 1. The molecule has 0 bridgehead atoms. The molecule has 2 rings (SSSR count). The van der Waals surface area contributed by atoms with Crippen LogP contribution < -0.4 is 5.32 Å². The summed E-state index contributed by atoms with van der Waals surface area (Å²) in [5.74, 6) is -0.870. The van der Waals surface area contributed by atoms with Crippen LogP contribution in [-0.2, 0) is 19.4 Å². The number of rotatable bonds is 2. The van der Waals surface area contributed by atoms with Gasteiger partial charge in [-0.25, -0.2) is 0 Å². The minimum absolute atomic E-state index is 0.00142. The molecule has 0 saturated heterocycles. The van der Waals surface area contributed by atoms with Crippen molar-refractivity contribution < 1.29 is 31.1 Å². The number of amides is 1. The van der Waals surface area contributed by atoms with Crippen molar-refractivity contribution in [1.29, 1.82) is 0 Å². The zero-order valence-corrected chi connectivity index (χ0v) is 11.5. The third-order valence-electron chi connectivity index (χ3n) is 2.81. The molecular formula is C13H9F6N3O. The fourth-order valence-corrected chi connectivity index (χ4v) is 1.77. The monoisotopic (exact) mass is 337 g/mol. The fraction of sp³-hybridized carbons (Fsp3) is 0.231. The number of carbonyl (C=O) groups is 1.